The van der Waals surface area contributed by atoms with Gasteiger partial charge in [0.15, 0.2) is 5.11 Å². The normalized spacial score (nSPS) is 15.4. The van der Waals surface area contributed by atoms with Crippen LogP contribution in [0.1, 0.15) is 6.92 Å². The van der Waals surface area contributed by atoms with Gasteiger partial charge >= 0.3 is 0 Å². The second-order valence-corrected chi connectivity index (χ2v) is 7.99. The lowest BCUT2D eigenvalue weighted by Crippen LogP contribution is -2.40. The molecular weight excluding hydrogens is 362 g/mol. The van der Waals surface area contributed by atoms with Crippen LogP contribution in [0.4, 0.5) is 5.69 Å². The summed E-state index contributed by atoms with van der Waals surface area (Å²) in [7, 11) is -2.09. The van der Waals surface area contributed by atoms with E-state index in [1.165, 1.54) is 23.5 Å². The number of benzene rings is 1. The van der Waals surface area contributed by atoms with Gasteiger partial charge in [-0.1, -0.05) is 12.2 Å². The number of sulfonamides is 1. The first-order chi connectivity index (χ1) is 11.8. The van der Waals surface area contributed by atoms with Gasteiger partial charge in [0.25, 0.3) is 0 Å². The zero-order valence-corrected chi connectivity index (χ0v) is 16.0. The third-order valence-electron chi connectivity index (χ3n) is 3.58. The molecule has 25 heavy (non-hydrogen) atoms. The third kappa shape index (κ3) is 5.15. The number of thiocarbonyl (C=S) groups is 1. The molecule has 0 atom stereocenters. The van der Waals surface area contributed by atoms with Crippen molar-refractivity contribution < 1.29 is 17.9 Å². The summed E-state index contributed by atoms with van der Waals surface area (Å²) in [4.78, 5) is 0.178. The van der Waals surface area contributed by atoms with Crippen LogP contribution in [0.15, 0.2) is 35.2 Å². The van der Waals surface area contributed by atoms with Crippen LogP contribution in [0, 0.1) is 0 Å². The molecule has 0 bridgehead atoms. The Balaban J connectivity index is 2.18. The maximum Gasteiger partial charge on any atom is 0.243 e. The predicted molar refractivity (Wildman–Crippen MR) is 102 cm³/mol. The van der Waals surface area contributed by atoms with Crippen LogP contribution in [-0.4, -0.2) is 57.8 Å². The number of hydrogen-bond acceptors (Lipinski definition) is 5. The monoisotopic (exact) mass is 385 g/mol. The summed E-state index contributed by atoms with van der Waals surface area (Å²) in [6.07, 6.45) is 0. The van der Waals surface area contributed by atoms with Crippen molar-refractivity contribution in [3.63, 3.8) is 0 Å². The quantitative estimate of drug-likeness (QED) is 0.568. The fraction of sp³-hybridized carbons (Fsp3) is 0.438. The van der Waals surface area contributed by atoms with Gasteiger partial charge in [-0.2, -0.15) is 4.31 Å². The summed E-state index contributed by atoms with van der Waals surface area (Å²) in [5, 5.41) is 6.41. The van der Waals surface area contributed by atoms with Gasteiger partial charge in [-0.15, -0.1) is 0 Å². The summed E-state index contributed by atoms with van der Waals surface area (Å²) < 4.78 is 37.4. The minimum absolute atomic E-state index is 0.178. The van der Waals surface area contributed by atoms with E-state index in [0.29, 0.717) is 49.4 Å². The maximum atomic E-state index is 12.7. The molecule has 1 aliphatic heterocycles. The van der Waals surface area contributed by atoms with E-state index in [-0.39, 0.29) is 4.90 Å². The van der Waals surface area contributed by atoms with Crippen molar-refractivity contribution in [2.75, 3.05) is 45.3 Å². The number of methoxy groups -OCH3 is 1. The third-order valence-corrected chi connectivity index (χ3v) is 5.72. The second kappa shape index (κ2) is 8.61. The largest absolute Gasteiger partial charge is 0.495 e. The minimum Gasteiger partial charge on any atom is -0.495 e. The molecule has 7 nitrogen and oxygen atoms in total. The molecule has 1 aromatic rings. The van der Waals surface area contributed by atoms with Crippen LogP contribution in [0.5, 0.6) is 5.75 Å². The highest BCUT2D eigenvalue weighted by Gasteiger charge is 2.27. The second-order valence-electron chi connectivity index (χ2n) is 5.64. The van der Waals surface area contributed by atoms with Gasteiger partial charge in [-0.25, -0.2) is 8.42 Å². The number of anilines is 1. The first-order valence-electron chi connectivity index (χ1n) is 7.80. The fourth-order valence-electron chi connectivity index (χ4n) is 2.27. The highest BCUT2D eigenvalue weighted by atomic mass is 32.2. The number of nitrogens with one attached hydrogen (secondary N) is 2. The van der Waals surface area contributed by atoms with Crippen molar-refractivity contribution in [1.82, 2.24) is 9.62 Å². The van der Waals surface area contributed by atoms with Gasteiger partial charge in [-0.05, 0) is 31.3 Å². The van der Waals surface area contributed by atoms with E-state index in [1.54, 1.807) is 6.07 Å². The molecule has 0 amide bonds. The van der Waals surface area contributed by atoms with Gasteiger partial charge in [0, 0.05) is 25.7 Å². The maximum absolute atomic E-state index is 12.7. The van der Waals surface area contributed by atoms with E-state index >= 15 is 0 Å². The van der Waals surface area contributed by atoms with Gasteiger partial charge in [0.1, 0.15) is 5.75 Å². The molecule has 0 saturated carbocycles. The summed E-state index contributed by atoms with van der Waals surface area (Å²) in [6.45, 7) is 7.74. The molecule has 1 fully saturated rings. The Morgan fingerprint density at radius 2 is 2.08 bits per heavy atom. The Bertz CT molecular complexity index is 744. The highest BCUT2D eigenvalue weighted by molar-refractivity contribution is 7.89. The lowest BCUT2D eigenvalue weighted by atomic mass is 10.3. The lowest BCUT2D eigenvalue weighted by Gasteiger charge is -2.26. The average molecular weight is 386 g/mol. The number of ether oxygens (including phenoxy) is 2. The molecule has 138 valence electrons. The molecule has 2 rings (SSSR count). The number of hydrogen-bond donors (Lipinski definition) is 2. The Labute approximate surface area is 154 Å². The minimum atomic E-state index is -3.58. The SMILES string of the molecule is C=C(C)CNC(=S)Nc1ccc(S(=O)(=O)N2CCOCC2)cc1OC. The van der Waals surface area contributed by atoms with E-state index in [1.807, 2.05) is 6.92 Å². The highest BCUT2D eigenvalue weighted by Crippen LogP contribution is 2.29. The van der Waals surface area contributed by atoms with Gasteiger partial charge in [-0.3, -0.25) is 0 Å². The standard InChI is InChI=1S/C16H23N3O4S2/c1-12(2)11-17-16(24)18-14-5-4-13(10-15(14)22-3)25(20,21)19-6-8-23-9-7-19/h4-5,10H,1,6-9,11H2,2-3H3,(H2,17,18,24). The molecular formula is C16H23N3O4S2. The van der Waals surface area contributed by atoms with Crippen LogP contribution in [0.3, 0.4) is 0 Å². The van der Waals surface area contributed by atoms with Crippen LogP contribution in [0.25, 0.3) is 0 Å². The zero-order chi connectivity index (χ0) is 18.4. The molecule has 0 spiro atoms. The predicted octanol–water partition coefficient (Wildman–Crippen LogP) is 1.58. The number of nitrogens with zero attached hydrogens (tertiary/aromatic N) is 1. The van der Waals surface area contributed by atoms with Crippen molar-refractivity contribution in [1.29, 1.82) is 0 Å². The van der Waals surface area contributed by atoms with Crippen molar-refractivity contribution in [2.24, 2.45) is 0 Å². The van der Waals surface area contributed by atoms with E-state index in [2.05, 4.69) is 17.2 Å². The van der Waals surface area contributed by atoms with Crippen LogP contribution in [-0.2, 0) is 14.8 Å². The summed E-state index contributed by atoms with van der Waals surface area (Å²) in [5.74, 6) is 0.397. The molecule has 0 aromatic heterocycles. The zero-order valence-electron chi connectivity index (χ0n) is 14.4. The number of morpholine rings is 1. The summed E-state index contributed by atoms with van der Waals surface area (Å²) in [6, 6.07) is 4.67. The fourth-order valence-corrected chi connectivity index (χ4v) is 3.88. The van der Waals surface area contributed by atoms with E-state index in [0.717, 1.165) is 5.57 Å². The van der Waals surface area contributed by atoms with Crippen molar-refractivity contribution >= 4 is 33.0 Å². The van der Waals surface area contributed by atoms with Crippen LogP contribution in [0.2, 0.25) is 0 Å². The molecule has 1 aromatic carbocycles. The first-order valence-corrected chi connectivity index (χ1v) is 9.64. The van der Waals surface area contributed by atoms with Crippen molar-refractivity contribution in [2.45, 2.75) is 11.8 Å². The van der Waals surface area contributed by atoms with Crippen molar-refractivity contribution in [3.05, 3.63) is 30.4 Å². The molecule has 0 unspecified atom stereocenters. The summed E-state index contributed by atoms with van der Waals surface area (Å²) >= 11 is 5.21. The van der Waals surface area contributed by atoms with Crippen molar-refractivity contribution in [3.8, 4) is 5.75 Å². The molecule has 1 aliphatic rings. The Kier molecular flexibility index (Phi) is 6.77. The van der Waals surface area contributed by atoms with Crippen LogP contribution < -0.4 is 15.4 Å². The smallest absolute Gasteiger partial charge is 0.243 e. The van der Waals surface area contributed by atoms with Gasteiger partial charge in [0.05, 0.1) is 30.9 Å². The summed E-state index contributed by atoms with van der Waals surface area (Å²) in [5.41, 5.74) is 1.53. The average Bonchev–Trinajstić information content (AvgIpc) is 2.61. The van der Waals surface area contributed by atoms with E-state index in [4.69, 9.17) is 21.7 Å². The van der Waals surface area contributed by atoms with Gasteiger partial charge < -0.3 is 20.1 Å². The molecule has 1 saturated heterocycles. The molecule has 1 heterocycles. The van der Waals surface area contributed by atoms with Gasteiger partial charge in [0.2, 0.25) is 10.0 Å². The molecule has 0 radical (unpaired) electrons. The Hall–Kier alpha value is -1.68. The Morgan fingerprint density at radius 1 is 1.40 bits per heavy atom. The van der Waals surface area contributed by atoms with Crippen LogP contribution >= 0.6 is 12.2 Å². The van der Waals surface area contributed by atoms with E-state index in [9.17, 15) is 8.42 Å². The number of rotatable bonds is 6. The lowest BCUT2D eigenvalue weighted by molar-refractivity contribution is 0.0730. The molecule has 2 N–H and O–H groups in total. The van der Waals surface area contributed by atoms with E-state index < -0.39 is 10.0 Å². The molecule has 0 aliphatic carbocycles. The first kappa shape index (κ1) is 19.6. The Morgan fingerprint density at radius 3 is 2.68 bits per heavy atom. The molecule has 9 heteroatoms. The topological polar surface area (TPSA) is 79.9 Å².